The summed E-state index contributed by atoms with van der Waals surface area (Å²) in [5.74, 6) is 0. The van der Waals surface area contributed by atoms with E-state index in [0.29, 0.717) is 5.41 Å². The summed E-state index contributed by atoms with van der Waals surface area (Å²) in [5, 5.41) is 0. The summed E-state index contributed by atoms with van der Waals surface area (Å²) in [6, 6.07) is 0. The summed E-state index contributed by atoms with van der Waals surface area (Å²) >= 11 is 0. The molecule has 0 radical (unpaired) electrons. The van der Waals surface area contributed by atoms with Gasteiger partial charge in [-0.15, -0.1) is 0 Å². The Labute approximate surface area is 74.6 Å². The number of rotatable bonds is 0. The fourth-order valence-corrected chi connectivity index (χ4v) is 2.19. The van der Waals surface area contributed by atoms with Crippen molar-refractivity contribution in [3.8, 4) is 0 Å². The minimum atomic E-state index is 0.338. The third-order valence-electron chi connectivity index (χ3n) is 2.89. The molecular formula is C11H17N. The van der Waals surface area contributed by atoms with Gasteiger partial charge in [0.2, 0.25) is 0 Å². The van der Waals surface area contributed by atoms with Crippen molar-refractivity contribution >= 4 is 5.71 Å². The van der Waals surface area contributed by atoms with Gasteiger partial charge in [0.25, 0.3) is 0 Å². The van der Waals surface area contributed by atoms with Crippen LogP contribution in [0.25, 0.3) is 0 Å². The molecule has 2 aliphatic rings. The first-order valence-corrected chi connectivity index (χ1v) is 4.85. The molecule has 0 spiro atoms. The average molecular weight is 163 g/mol. The Morgan fingerprint density at radius 2 is 1.92 bits per heavy atom. The average Bonchev–Trinajstić information content (AvgIpc) is 2.37. The highest BCUT2D eigenvalue weighted by Crippen LogP contribution is 2.38. The molecule has 0 bridgehead atoms. The van der Waals surface area contributed by atoms with Crippen molar-refractivity contribution < 1.29 is 0 Å². The normalized spacial score (nSPS) is 23.1. The van der Waals surface area contributed by atoms with E-state index in [-0.39, 0.29) is 0 Å². The van der Waals surface area contributed by atoms with E-state index in [2.05, 4.69) is 25.8 Å². The molecule has 1 heteroatoms. The summed E-state index contributed by atoms with van der Waals surface area (Å²) in [5.41, 5.74) is 4.95. The molecule has 1 aliphatic carbocycles. The number of aliphatic imine (C=N–C) groups is 1. The zero-order valence-electron chi connectivity index (χ0n) is 8.28. The maximum atomic E-state index is 4.59. The molecule has 0 atom stereocenters. The van der Waals surface area contributed by atoms with Crippen LogP contribution >= 0.6 is 0 Å². The number of allylic oxidation sites excluding steroid dienone is 1. The highest BCUT2D eigenvalue weighted by atomic mass is 14.8. The Morgan fingerprint density at radius 1 is 1.17 bits per heavy atom. The van der Waals surface area contributed by atoms with E-state index in [1.165, 1.54) is 25.0 Å². The lowest BCUT2D eigenvalue weighted by Gasteiger charge is -2.21. The van der Waals surface area contributed by atoms with Crippen molar-refractivity contribution in [1.82, 2.24) is 0 Å². The number of hydrogen-bond acceptors (Lipinski definition) is 1. The fourth-order valence-electron chi connectivity index (χ4n) is 2.19. The van der Waals surface area contributed by atoms with E-state index < -0.39 is 0 Å². The zero-order valence-corrected chi connectivity index (χ0v) is 8.28. The van der Waals surface area contributed by atoms with E-state index >= 15 is 0 Å². The first kappa shape index (κ1) is 8.03. The van der Waals surface area contributed by atoms with Gasteiger partial charge in [-0.05, 0) is 35.8 Å². The predicted octanol–water partition coefficient (Wildman–Crippen LogP) is 2.97. The Balaban J connectivity index is 2.35. The van der Waals surface area contributed by atoms with Crippen molar-refractivity contribution in [1.29, 1.82) is 0 Å². The molecule has 12 heavy (non-hydrogen) atoms. The summed E-state index contributed by atoms with van der Waals surface area (Å²) in [6.07, 6.45) is 3.84. The van der Waals surface area contributed by atoms with E-state index in [1.807, 2.05) is 0 Å². The largest absolute Gasteiger partial charge is 0.285 e. The third-order valence-corrected chi connectivity index (χ3v) is 2.89. The van der Waals surface area contributed by atoms with Gasteiger partial charge < -0.3 is 0 Å². The van der Waals surface area contributed by atoms with Crippen LogP contribution in [0.1, 0.15) is 40.0 Å². The summed E-state index contributed by atoms with van der Waals surface area (Å²) in [6.45, 7) is 7.87. The van der Waals surface area contributed by atoms with Crippen LogP contribution in [0, 0.1) is 5.41 Å². The molecule has 2 rings (SSSR count). The Bertz CT molecular complexity index is 263. The number of nitrogens with zero attached hydrogens (tertiary/aromatic N) is 1. The van der Waals surface area contributed by atoms with Gasteiger partial charge in [0.05, 0.1) is 6.54 Å². The molecule has 1 aliphatic heterocycles. The lowest BCUT2D eigenvalue weighted by atomic mass is 9.84. The number of hydrogen-bond donors (Lipinski definition) is 0. The molecule has 1 fully saturated rings. The molecule has 0 aromatic carbocycles. The van der Waals surface area contributed by atoms with Crippen LogP contribution in [-0.2, 0) is 0 Å². The van der Waals surface area contributed by atoms with Gasteiger partial charge in [0.15, 0.2) is 0 Å². The van der Waals surface area contributed by atoms with Gasteiger partial charge in [-0.1, -0.05) is 20.8 Å². The van der Waals surface area contributed by atoms with Gasteiger partial charge in [-0.3, -0.25) is 4.99 Å². The molecule has 66 valence electrons. The van der Waals surface area contributed by atoms with Crippen molar-refractivity contribution in [2.45, 2.75) is 40.0 Å². The molecule has 1 heterocycles. The first-order valence-electron chi connectivity index (χ1n) is 4.85. The van der Waals surface area contributed by atoms with Crippen molar-refractivity contribution in [2.24, 2.45) is 10.4 Å². The lowest BCUT2D eigenvalue weighted by Crippen LogP contribution is -2.12. The van der Waals surface area contributed by atoms with Gasteiger partial charge in [0, 0.05) is 5.71 Å². The number of fused-ring (bicyclic) bond motifs is 1. The van der Waals surface area contributed by atoms with Crippen molar-refractivity contribution in [3.63, 3.8) is 0 Å². The van der Waals surface area contributed by atoms with Crippen molar-refractivity contribution in [2.75, 3.05) is 6.54 Å². The van der Waals surface area contributed by atoms with E-state index in [1.54, 1.807) is 11.1 Å². The standard InChI is InChI=1S/C11H17N/c1-11(2,3)9-7-12-10-6-4-5-8(9)10/h4-7H2,1-3H3. The molecule has 0 amide bonds. The first-order chi connectivity index (χ1) is 5.59. The van der Waals surface area contributed by atoms with E-state index in [9.17, 15) is 0 Å². The SMILES string of the molecule is CC(C)(C)C1=C2CCCC2=NC1. The minimum Gasteiger partial charge on any atom is -0.285 e. The van der Waals surface area contributed by atoms with E-state index in [0.717, 1.165) is 6.54 Å². The predicted molar refractivity (Wildman–Crippen MR) is 52.6 cm³/mol. The Hall–Kier alpha value is -0.590. The highest BCUT2D eigenvalue weighted by molar-refractivity contribution is 6.04. The van der Waals surface area contributed by atoms with Gasteiger partial charge in [-0.2, -0.15) is 0 Å². The molecule has 1 nitrogen and oxygen atoms in total. The smallest absolute Gasteiger partial charge is 0.0614 e. The summed E-state index contributed by atoms with van der Waals surface area (Å²) < 4.78 is 0. The second-order valence-corrected chi connectivity index (χ2v) is 4.82. The van der Waals surface area contributed by atoms with Crippen LogP contribution in [0.4, 0.5) is 0 Å². The van der Waals surface area contributed by atoms with E-state index in [4.69, 9.17) is 0 Å². The Morgan fingerprint density at radius 3 is 2.58 bits per heavy atom. The molecule has 0 unspecified atom stereocenters. The van der Waals surface area contributed by atoms with Crippen molar-refractivity contribution in [3.05, 3.63) is 11.1 Å². The van der Waals surface area contributed by atoms with Gasteiger partial charge >= 0.3 is 0 Å². The van der Waals surface area contributed by atoms with Gasteiger partial charge in [-0.25, -0.2) is 0 Å². The second kappa shape index (κ2) is 2.45. The van der Waals surface area contributed by atoms with Crippen LogP contribution in [0.15, 0.2) is 16.1 Å². The highest BCUT2D eigenvalue weighted by Gasteiger charge is 2.29. The topological polar surface area (TPSA) is 12.4 Å². The molecule has 0 aromatic rings. The fraction of sp³-hybridized carbons (Fsp3) is 0.727. The van der Waals surface area contributed by atoms with Crippen LogP contribution in [-0.4, -0.2) is 12.3 Å². The maximum absolute atomic E-state index is 4.59. The molecule has 0 aromatic heterocycles. The van der Waals surface area contributed by atoms with Crippen LogP contribution < -0.4 is 0 Å². The van der Waals surface area contributed by atoms with Crippen LogP contribution in [0.5, 0.6) is 0 Å². The monoisotopic (exact) mass is 163 g/mol. The molecular weight excluding hydrogens is 146 g/mol. The second-order valence-electron chi connectivity index (χ2n) is 4.82. The quantitative estimate of drug-likeness (QED) is 0.520. The summed E-state index contributed by atoms with van der Waals surface area (Å²) in [4.78, 5) is 4.59. The van der Waals surface area contributed by atoms with Crippen LogP contribution in [0.3, 0.4) is 0 Å². The third kappa shape index (κ3) is 1.12. The Kier molecular flexibility index (Phi) is 1.64. The molecule has 0 saturated heterocycles. The van der Waals surface area contributed by atoms with Crippen LogP contribution in [0.2, 0.25) is 0 Å². The lowest BCUT2D eigenvalue weighted by molar-refractivity contribution is 0.494. The minimum absolute atomic E-state index is 0.338. The summed E-state index contributed by atoms with van der Waals surface area (Å²) in [7, 11) is 0. The maximum Gasteiger partial charge on any atom is 0.0614 e. The zero-order chi connectivity index (χ0) is 8.77. The molecule has 0 N–H and O–H groups in total. The molecule has 1 saturated carbocycles. The van der Waals surface area contributed by atoms with Gasteiger partial charge in [0.1, 0.15) is 0 Å².